The number of Topliss-reactive ketones (excluding diaryl/α,β-unsaturated/α-hetero) is 2. The first-order chi connectivity index (χ1) is 14.9. The van der Waals surface area contributed by atoms with E-state index in [1.54, 1.807) is 0 Å². The average molecular weight is 447 g/mol. The molecule has 1 aliphatic heterocycles. The van der Waals surface area contributed by atoms with Crippen molar-refractivity contribution in [3.8, 4) is 0 Å². The van der Waals surface area contributed by atoms with E-state index in [0.717, 1.165) is 13.8 Å². The lowest BCUT2D eigenvalue weighted by molar-refractivity contribution is -0.148. The van der Waals surface area contributed by atoms with Gasteiger partial charge in [-0.25, -0.2) is 4.79 Å². The van der Waals surface area contributed by atoms with E-state index < -0.39 is 60.0 Å². The van der Waals surface area contributed by atoms with Gasteiger partial charge in [-0.2, -0.15) is 0 Å². The Hall–Kier alpha value is -3.96. The van der Waals surface area contributed by atoms with E-state index in [-0.39, 0.29) is 34.6 Å². The molecule has 0 saturated heterocycles. The number of rotatable bonds is 5. The molecule has 3 rings (SSSR count). The average Bonchev–Trinajstić information content (AvgIpc) is 3.15. The molecule has 0 aromatic carbocycles. The first-order valence-electron chi connectivity index (χ1n) is 9.54. The van der Waals surface area contributed by atoms with E-state index in [0.29, 0.717) is 0 Å². The summed E-state index contributed by atoms with van der Waals surface area (Å²) in [5, 5.41) is 2.65. The zero-order valence-corrected chi connectivity index (χ0v) is 17.8. The van der Waals surface area contributed by atoms with Crippen molar-refractivity contribution in [2.24, 2.45) is 5.73 Å². The number of carbonyl (C=O) groups is 6. The van der Waals surface area contributed by atoms with Crippen molar-refractivity contribution in [1.82, 2.24) is 9.88 Å². The van der Waals surface area contributed by atoms with Crippen LogP contribution in [0.3, 0.4) is 0 Å². The summed E-state index contributed by atoms with van der Waals surface area (Å²) in [5.41, 5.74) is 5.05. The highest BCUT2D eigenvalue weighted by Gasteiger charge is 2.47. The van der Waals surface area contributed by atoms with Gasteiger partial charge in [-0.05, 0) is 6.92 Å². The van der Waals surface area contributed by atoms with Gasteiger partial charge in [0, 0.05) is 38.5 Å². The molecule has 1 aromatic heterocycles. The number of primary amides is 1. The van der Waals surface area contributed by atoms with Gasteiger partial charge in [0.1, 0.15) is 12.3 Å². The molecular weight excluding hydrogens is 426 g/mol. The molecule has 1 aromatic rings. The van der Waals surface area contributed by atoms with Crippen LogP contribution in [-0.4, -0.2) is 46.1 Å². The maximum Gasteiger partial charge on any atom is 0.404 e. The largest absolute Gasteiger partial charge is 0.454 e. The summed E-state index contributed by atoms with van der Waals surface area (Å²) >= 11 is 0. The Bertz CT molecular complexity index is 1110. The Balaban J connectivity index is 2.24. The van der Waals surface area contributed by atoms with Crippen molar-refractivity contribution in [3.05, 3.63) is 33.8 Å². The third kappa shape index (κ3) is 3.86. The molecule has 32 heavy (non-hydrogen) atoms. The molecular formula is C20H21N3O9. The van der Waals surface area contributed by atoms with E-state index in [4.69, 9.17) is 19.9 Å². The predicted molar refractivity (Wildman–Crippen MR) is 104 cm³/mol. The number of ether oxygens (including phenoxy) is 3. The lowest BCUT2D eigenvalue weighted by Crippen LogP contribution is -2.39. The lowest BCUT2D eigenvalue weighted by atomic mass is 9.90. The minimum atomic E-state index is -1.14. The van der Waals surface area contributed by atoms with Crippen LogP contribution in [0.4, 0.5) is 4.79 Å². The molecule has 0 saturated carbocycles. The Labute approximate surface area is 181 Å². The second-order valence-electron chi connectivity index (χ2n) is 7.35. The molecule has 0 fully saturated rings. The summed E-state index contributed by atoms with van der Waals surface area (Å²) in [5.74, 6) is -3.69. The van der Waals surface area contributed by atoms with Gasteiger partial charge in [-0.3, -0.25) is 24.0 Å². The zero-order chi connectivity index (χ0) is 23.9. The maximum absolute atomic E-state index is 13.2. The summed E-state index contributed by atoms with van der Waals surface area (Å²) < 4.78 is 16.7. The highest BCUT2D eigenvalue weighted by molar-refractivity contribution is 6.26. The Morgan fingerprint density at radius 1 is 1.09 bits per heavy atom. The Morgan fingerprint density at radius 2 is 1.75 bits per heavy atom. The second-order valence-corrected chi connectivity index (χ2v) is 7.35. The van der Waals surface area contributed by atoms with E-state index in [9.17, 15) is 28.8 Å². The molecule has 12 heteroatoms. The summed E-state index contributed by atoms with van der Waals surface area (Å²) in [6.07, 6.45) is -2.22. The summed E-state index contributed by atoms with van der Waals surface area (Å²) in [6, 6.07) is -0.744. The fraction of sp³-hybridized carbons (Fsp3) is 0.400. The zero-order valence-electron chi connectivity index (χ0n) is 17.8. The van der Waals surface area contributed by atoms with E-state index in [1.165, 1.54) is 18.4 Å². The van der Waals surface area contributed by atoms with Crippen LogP contribution in [0.1, 0.15) is 65.9 Å². The van der Waals surface area contributed by atoms with Crippen molar-refractivity contribution < 1.29 is 43.0 Å². The fourth-order valence-electron chi connectivity index (χ4n) is 3.99. The fourth-order valence-corrected chi connectivity index (χ4v) is 3.99. The third-order valence-corrected chi connectivity index (χ3v) is 5.04. The number of amides is 2. The van der Waals surface area contributed by atoms with Crippen LogP contribution in [0.5, 0.6) is 0 Å². The van der Waals surface area contributed by atoms with Gasteiger partial charge in [-0.15, -0.1) is 0 Å². The van der Waals surface area contributed by atoms with Gasteiger partial charge in [-0.1, -0.05) is 0 Å². The Kier molecular flexibility index (Phi) is 5.88. The van der Waals surface area contributed by atoms with E-state index >= 15 is 0 Å². The number of nitrogens with one attached hydrogen (secondary N) is 1. The number of fused-ring (bicyclic) bond motifs is 3. The van der Waals surface area contributed by atoms with Crippen molar-refractivity contribution in [3.63, 3.8) is 0 Å². The number of hydrogen-bond donors (Lipinski definition) is 2. The SMILES string of the molecule is CC(=O)NC1Cn2c3c(c(COC(N)=O)c2C1OC(C)=O)C(=O)C(OC(C)=O)=C(C)C3=O. The Morgan fingerprint density at radius 3 is 2.28 bits per heavy atom. The number of nitrogens with two attached hydrogens (primary N) is 1. The van der Waals surface area contributed by atoms with Crippen LogP contribution in [0.25, 0.3) is 0 Å². The molecule has 0 bridgehead atoms. The van der Waals surface area contributed by atoms with Gasteiger partial charge in [0.25, 0.3) is 0 Å². The lowest BCUT2D eigenvalue weighted by Gasteiger charge is -2.22. The summed E-state index contributed by atoms with van der Waals surface area (Å²) in [7, 11) is 0. The van der Waals surface area contributed by atoms with Gasteiger partial charge in [0.2, 0.25) is 17.5 Å². The molecule has 170 valence electrons. The minimum Gasteiger partial charge on any atom is -0.454 e. The first-order valence-corrected chi connectivity index (χ1v) is 9.54. The van der Waals surface area contributed by atoms with Crippen LogP contribution >= 0.6 is 0 Å². The van der Waals surface area contributed by atoms with Crippen LogP contribution in [0.15, 0.2) is 11.3 Å². The standard InChI is InChI=1S/C20H21N3O9/c1-7-16(27)15-13(17(28)18(7)31-9(3)25)11(6-30-20(21)29)14-19(32-10(4)26)12(5-23(14)15)22-8(2)24/h12,19H,5-6H2,1-4H3,(H2,21,29)(H,22,24). The minimum absolute atomic E-state index is 0.000956. The first kappa shape index (κ1) is 22.7. The van der Waals surface area contributed by atoms with Gasteiger partial charge < -0.3 is 29.8 Å². The van der Waals surface area contributed by atoms with Crippen molar-refractivity contribution in [2.75, 3.05) is 0 Å². The molecule has 3 N–H and O–H groups in total. The van der Waals surface area contributed by atoms with Crippen LogP contribution in [0, 0.1) is 0 Å². The normalized spacial score (nSPS) is 19.2. The van der Waals surface area contributed by atoms with E-state index in [1.807, 2.05) is 0 Å². The molecule has 12 nitrogen and oxygen atoms in total. The van der Waals surface area contributed by atoms with Crippen LogP contribution < -0.4 is 11.1 Å². The van der Waals surface area contributed by atoms with Crippen molar-refractivity contribution in [2.45, 2.75) is 53.0 Å². The highest BCUT2D eigenvalue weighted by Crippen LogP contribution is 2.42. The molecule has 2 atom stereocenters. The number of esters is 2. The monoisotopic (exact) mass is 447 g/mol. The number of ketones is 2. The quantitative estimate of drug-likeness (QED) is 0.479. The molecule has 1 aliphatic carbocycles. The third-order valence-electron chi connectivity index (χ3n) is 5.04. The summed E-state index contributed by atoms with van der Waals surface area (Å²) in [4.78, 5) is 72.6. The maximum atomic E-state index is 13.2. The second kappa shape index (κ2) is 8.29. The molecule has 2 unspecified atom stereocenters. The number of allylic oxidation sites excluding steroid dienone is 2. The topological polar surface area (TPSA) is 173 Å². The van der Waals surface area contributed by atoms with Gasteiger partial charge in [0.15, 0.2) is 11.9 Å². The van der Waals surface area contributed by atoms with E-state index in [2.05, 4.69) is 5.32 Å². The predicted octanol–water partition coefficient (Wildman–Crippen LogP) is 0.422. The molecule has 0 radical (unpaired) electrons. The van der Waals surface area contributed by atoms with Crippen LogP contribution in [-0.2, 0) is 41.7 Å². The van der Waals surface area contributed by atoms with Crippen molar-refractivity contribution in [1.29, 1.82) is 0 Å². The number of carbonyl (C=O) groups excluding carboxylic acids is 6. The smallest absolute Gasteiger partial charge is 0.404 e. The van der Waals surface area contributed by atoms with Crippen molar-refractivity contribution >= 4 is 35.5 Å². The van der Waals surface area contributed by atoms with Gasteiger partial charge >= 0.3 is 18.0 Å². The molecule has 2 amide bonds. The number of aromatic nitrogens is 1. The van der Waals surface area contributed by atoms with Crippen LogP contribution in [0.2, 0.25) is 0 Å². The molecule has 0 spiro atoms. The molecule has 2 heterocycles. The highest BCUT2D eigenvalue weighted by atomic mass is 16.6. The number of nitrogens with zero attached hydrogens (tertiary/aromatic N) is 1. The van der Waals surface area contributed by atoms with Gasteiger partial charge in [0.05, 0.1) is 17.3 Å². The number of hydrogen-bond acceptors (Lipinski definition) is 9. The molecule has 2 aliphatic rings. The summed E-state index contributed by atoms with van der Waals surface area (Å²) in [6.45, 7) is 4.34.